The molecule has 0 aliphatic heterocycles. The van der Waals surface area contributed by atoms with Gasteiger partial charge in [0, 0.05) is 11.5 Å². The molecular weight excluding hydrogens is 270 g/mol. The zero-order valence-electron chi connectivity index (χ0n) is 12.4. The van der Waals surface area contributed by atoms with Crippen LogP contribution in [-0.2, 0) is 15.3 Å². The fourth-order valence-corrected chi connectivity index (χ4v) is 3.95. The molecule has 20 heavy (non-hydrogen) atoms. The summed E-state index contributed by atoms with van der Waals surface area (Å²) in [7, 11) is 3.34. The van der Waals surface area contributed by atoms with Gasteiger partial charge in [-0.05, 0) is 38.3 Å². The first-order chi connectivity index (χ1) is 9.62. The molecule has 0 saturated heterocycles. The lowest BCUT2D eigenvalue weighted by molar-refractivity contribution is -0.148. The number of nitrogens with one attached hydrogen (secondary N) is 1. The van der Waals surface area contributed by atoms with E-state index < -0.39 is 5.54 Å². The number of methoxy groups -OCH3 is 1. The topological polar surface area (TPSA) is 38.3 Å². The van der Waals surface area contributed by atoms with Crippen molar-refractivity contribution in [3.63, 3.8) is 0 Å². The van der Waals surface area contributed by atoms with Crippen LogP contribution < -0.4 is 5.32 Å². The van der Waals surface area contributed by atoms with E-state index in [0.29, 0.717) is 5.92 Å². The fourth-order valence-electron chi connectivity index (χ4n) is 2.61. The third-order valence-electron chi connectivity index (χ3n) is 3.95. The van der Waals surface area contributed by atoms with E-state index in [1.165, 1.54) is 18.2 Å². The zero-order chi connectivity index (χ0) is 14.6. The van der Waals surface area contributed by atoms with E-state index in [0.717, 1.165) is 24.3 Å². The molecule has 1 saturated carbocycles. The van der Waals surface area contributed by atoms with Crippen LogP contribution in [0, 0.1) is 12.8 Å². The third kappa shape index (κ3) is 3.36. The maximum atomic E-state index is 12.1. The molecule has 0 heterocycles. The van der Waals surface area contributed by atoms with Crippen LogP contribution in [0.2, 0.25) is 0 Å². The van der Waals surface area contributed by atoms with Crippen LogP contribution in [-0.4, -0.2) is 31.4 Å². The first-order valence-electron chi connectivity index (χ1n) is 7.03. The summed E-state index contributed by atoms with van der Waals surface area (Å²) >= 11 is 1.80. The molecule has 1 atom stereocenters. The van der Waals surface area contributed by atoms with Gasteiger partial charge in [0.15, 0.2) is 0 Å². The number of aryl methyl sites for hydroxylation is 1. The van der Waals surface area contributed by atoms with E-state index in [1.807, 2.05) is 7.05 Å². The van der Waals surface area contributed by atoms with Crippen LogP contribution in [0.3, 0.4) is 0 Å². The van der Waals surface area contributed by atoms with Gasteiger partial charge in [0.05, 0.1) is 7.11 Å². The number of hydrogen-bond acceptors (Lipinski definition) is 4. The summed E-state index contributed by atoms with van der Waals surface area (Å²) in [6.07, 6.45) is 2.22. The zero-order valence-corrected chi connectivity index (χ0v) is 13.3. The molecular formula is C16H23NO2S. The number of likely N-dealkylation sites (N-methyl/N-ethyl adjacent to an activating group) is 1. The van der Waals surface area contributed by atoms with E-state index in [2.05, 4.69) is 36.5 Å². The average molecular weight is 293 g/mol. The Labute approximate surface area is 125 Å². The van der Waals surface area contributed by atoms with Crippen molar-refractivity contribution >= 4 is 17.7 Å². The van der Waals surface area contributed by atoms with Gasteiger partial charge >= 0.3 is 5.97 Å². The molecule has 0 bridgehead atoms. The standard InChI is InChI=1S/C16H23NO2S/c1-12-5-4-6-13(9-12)10-20-11-16(17-2,14-7-8-14)15(18)19-3/h4-6,9,14,17H,7-8,10-11H2,1-3H3. The molecule has 1 aliphatic carbocycles. The van der Waals surface area contributed by atoms with Crippen molar-refractivity contribution in [2.24, 2.45) is 5.92 Å². The Morgan fingerprint density at radius 3 is 2.80 bits per heavy atom. The number of carbonyl (C=O) groups excluding carboxylic acids is 1. The van der Waals surface area contributed by atoms with Gasteiger partial charge in [-0.25, -0.2) is 0 Å². The van der Waals surface area contributed by atoms with Gasteiger partial charge in [0.25, 0.3) is 0 Å². The molecule has 1 aromatic carbocycles. The van der Waals surface area contributed by atoms with Crippen LogP contribution >= 0.6 is 11.8 Å². The summed E-state index contributed by atoms with van der Waals surface area (Å²) in [5.41, 5.74) is 2.07. The van der Waals surface area contributed by atoms with Crippen LogP contribution in [0.5, 0.6) is 0 Å². The van der Waals surface area contributed by atoms with Gasteiger partial charge in [0.2, 0.25) is 0 Å². The van der Waals surface area contributed by atoms with Crippen LogP contribution in [0.25, 0.3) is 0 Å². The largest absolute Gasteiger partial charge is 0.468 e. The summed E-state index contributed by atoms with van der Waals surface area (Å²) in [5.74, 6) is 1.98. The molecule has 0 spiro atoms. The predicted molar refractivity (Wildman–Crippen MR) is 83.9 cm³/mol. The molecule has 3 nitrogen and oxygen atoms in total. The van der Waals surface area contributed by atoms with E-state index in [4.69, 9.17) is 4.74 Å². The predicted octanol–water partition coefficient (Wildman–Crippen LogP) is 2.77. The fraction of sp³-hybridized carbons (Fsp3) is 0.562. The van der Waals surface area contributed by atoms with Crippen molar-refractivity contribution in [2.45, 2.75) is 31.1 Å². The molecule has 1 N–H and O–H groups in total. The van der Waals surface area contributed by atoms with E-state index in [1.54, 1.807) is 11.8 Å². The second-order valence-corrected chi connectivity index (χ2v) is 6.45. The molecule has 1 fully saturated rings. The number of hydrogen-bond donors (Lipinski definition) is 1. The minimum Gasteiger partial charge on any atom is -0.468 e. The van der Waals surface area contributed by atoms with Crippen molar-refractivity contribution in [3.05, 3.63) is 35.4 Å². The molecule has 0 amide bonds. The number of benzene rings is 1. The summed E-state index contributed by atoms with van der Waals surface area (Å²) in [6, 6.07) is 8.52. The molecule has 1 aromatic rings. The van der Waals surface area contributed by atoms with E-state index in [-0.39, 0.29) is 5.97 Å². The molecule has 4 heteroatoms. The Hall–Kier alpha value is -1.00. The Balaban J connectivity index is 1.97. The lowest BCUT2D eigenvalue weighted by Gasteiger charge is -2.30. The maximum absolute atomic E-state index is 12.1. The van der Waals surface area contributed by atoms with Crippen molar-refractivity contribution < 1.29 is 9.53 Å². The number of carbonyl (C=O) groups is 1. The SMILES string of the molecule is CNC(CSCc1cccc(C)c1)(C(=O)OC)C1CC1. The molecule has 110 valence electrons. The number of thioether (sulfide) groups is 1. The summed E-state index contributed by atoms with van der Waals surface area (Å²) < 4.78 is 5.02. The van der Waals surface area contributed by atoms with Gasteiger partial charge in [0.1, 0.15) is 5.54 Å². The lowest BCUT2D eigenvalue weighted by Crippen LogP contribution is -2.55. The quantitative estimate of drug-likeness (QED) is 0.785. The smallest absolute Gasteiger partial charge is 0.327 e. The van der Waals surface area contributed by atoms with E-state index >= 15 is 0 Å². The van der Waals surface area contributed by atoms with E-state index in [9.17, 15) is 4.79 Å². The second-order valence-electron chi connectivity index (χ2n) is 5.47. The highest BCUT2D eigenvalue weighted by Gasteiger charge is 2.50. The molecule has 1 aliphatic rings. The Morgan fingerprint density at radius 1 is 1.50 bits per heavy atom. The first kappa shape index (κ1) is 15.4. The van der Waals surface area contributed by atoms with Gasteiger partial charge < -0.3 is 10.1 Å². The minimum absolute atomic E-state index is 0.126. The van der Waals surface area contributed by atoms with Gasteiger partial charge in [-0.3, -0.25) is 4.79 Å². The summed E-state index contributed by atoms with van der Waals surface area (Å²) in [4.78, 5) is 12.1. The highest BCUT2D eigenvalue weighted by Crippen LogP contribution is 2.42. The lowest BCUT2D eigenvalue weighted by atomic mass is 9.96. The molecule has 1 unspecified atom stereocenters. The normalized spacial score (nSPS) is 17.6. The first-order valence-corrected chi connectivity index (χ1v) is 8.18. The Kier molecular flexibility index (Phi) is 5.11. The molecule has 0 aromatic heterocycles. The third-order valence-corrected chi connectivity index (χ3v) is 5.15. The maximum Gasteiger partial charge on any atom is 0.327 e. The monoisotopic (exact) mass is 293 g/mol. The van der Waals surface area contributed by atoms with Crippen LogP contribution in [0.4, 0.5) is 0 Å². The van der Waals surface area contributed by atoms with Crippen LogP contribution in [0.15, 0.2) is 24.3 Å². The van der Waals surface area contributed by atoms with Crippen molar-refractivity contribution in [3.8, 4) is 0 Å². The average Bonchev–Trinajstić information content (AvgIpc) is 3.28. The highest BCUT2D eigenvalue weighted by molar-refractivity contribution is 7.98. The Bertz CT molecular complexity index is 473. The summed E-state index contributed by atoms with van der Waals surface area (Å²) in [5, 5.41) is 3.23. The van der Waals surface area contributed by atoms with Gasteiger partial charge in [-0.15, -0.1) is 0 Å². The van der Waals surface area contributed by atoms with Crippen molar-refractivity contribution in [2.75, 3.05) is 19.9 Å². The molecule has 0 radical (unpaired) electrons. The highest BCUT2D eigenvalue weighted by atomic mass is 32.2. The Morgan fingerprint density at radius 2 is 2.25 bits per heavy atom. The van der Waals surface area contributed by atoms with Crippen LogP contribution in [0.1, 0.15) is 24.0 Å². The van der Waals surface area contributed by atoms with Gasteiger partial charge in [-0.1, -0.05) is 29.8 Å². The van der Waals surface area contributed by atoms with Gasteiger partial charge in [-0.2, -0.15) is 11.8 Å². The summed E-state index contributed by atoms with van der Waals surface area (Å²) in [6.45, 7) is 2.10. The molecule has 2 rings (SSSR count). The number of ether oxygens (including phenoxy) is 1. The minimum atomic E-state index is -0.511. The number of esters is 1. The van der Waals surface area contributed by atoms with Crippen molar-refractivity contribution in [1.82, 2.24) is 5.32 Å². The van der Waals surface area contributed by atoms with Crippen molar-refractivity contribution in [1.29, 1.82) is 0 Å². The number of rotatable bonds is 7. The second kappa shape index (κ2) is 6.64.